The van der Waals surface area contributed by atoms with Crippen molar-refractivity contribution in [3.05, 3.63) is 60.2 Å². The summed E-state index contributed by atoms with van der Waals surface area (Å²) in [4.78, 5) is 10.6. The maximum atomic E-state index is 10.6. The normalized spacial score (nSPS) is 28.9. The van der Waals surface area contributed by atoms with Crippen LogP contribution in [0.4, 0.5) is 0 Å². The van der Waals surface area contributed by atoms with Gasteiger partial charge in [-0.05, 0) is 43.6 Å². The van der Waals surface area contributed by atoms with Crippen LogP contribution < -0.4 is 0 Å². The molecule has 152 valence electrons. The first-order chi connectivity index (χ1) is 13.6. The highest BCUT2D eigenvalue weighted by molar-refractivity contribution is 5.66. The summed E-state index contributed by atoms with van der Waals surface area (Å²) < 4.78 is 6.14. The van der Waals surface area contributed by atoms with Crippen LogP contribution in [0.1, 0.15) is 56.9 Å². The molecule has 1 aromatic rings. The summed E-state index contributed by atoms with van der Waals surface area (Å²) in [7, 11) is 0. The molecule has 2 heterocycles. The summed E-state index contributed by atoms with van der Waals surface area (Å²) >= 11 is 0. The van der Waals surface area contributed by atoms with Crippen molar-refractivity contribution in [1.82, 2.24) is 0 Å². The fourth-order valence-corrected chi connectivity index (χ4v) is 4.49. The van der Waals surface area contributed by atoms with E-state index in [0.29, 0.717) is 24.4 Å². The average molecular weight is 385 g/mol. The van der Waals surface area contributed by atoms with Gasteiger partial charge in [0.25, 0.3) is 0 Å². The molecule has 3 rings (SSSR count). The summed E-state index contributed by atoms with van der Waals surface area (Å²) in [6, 6.07) is 10.1. The van der Waals surface area contributed by atoms with Gasteiger partial charge in [-0.25, -0.2) is 0 Å². The molecule has 6 atom stereocenters. The van der Waals surface area contributed by atoms with E-state index in [1.807, 2.05) is 24.3 Å². The van der Waals surface area contributed by atoms with E-state index in [1.165, 1.54) is 0 Å². The molecular weight excluding hydrogens is 352 g/mol. The van der Waals surface area contributed by atoms with Crippen LogP contribution in [0.3, 0.4) is 0 Å². The zero-order valence-corrected chi connectivity index (χ0v) is 16.6. The summed E-state index contributed by atoms with van der Waals surface area (Å²) in [6.45, 7) is 2.05. The summed E-state index contributed by atoms with van der Waals surface area (Å²) in [5, 5.41) is 19.3. The minimum atomic E-state index is -0.733. The van der Waals surface area contributed by atoms with E-state index < -0.39 is 12.1 Å². The van der Waals surface area contributed by atoms with Gasteiger partial charge in [-0.15, -0.1) is 0 Å². The van der Waals surface area contributed by atoms with Crippen molar-refractivity contribution in [2.24, 2.45) is 11.8 Å². The predicted molar refractivity (Wildman–Crippen MR) is 110 cm³/mol. The number of allylic oxidation sites excluding steroid dienone is 2. The third kappa shape index (κ3) is 5.33. The number of aliphatic hydroxyl groups excluding tert-OH is 1. The van der Waals surface area contributed by atoms with Crippen LogP contribution in [0.25, 0.3) is 0 Å². The maximum Gasteiger partial charge on any atom is 0.303 e. The van der Waals surface area contributed by atoms with E-state index >= 15 is 0 Å². The first-order valence-corrected chi connectivity index (χ1v) is 10.5. The summed E-state index contributed by atoms with van der Waals surface area (Å²) in [5.41, 5.74) is 1.14. The van der Waals surface area contributed by atoms with Crippen molar-refractivity contribution in [2.45, 2.75) is 69.7 Å². The second kappa shape index (κ2) is 10.0. The smallest absolute Gasteiger partial charge is 0.303 e. The first kappa shape index (κ1) is 20.8. The lowest BCUT2D eigenvalue weighted by molar-refractivity contribution is -0.137. The van der Waals surface area contributed by atoms with Gasteiger partial charge in [-0.3, -0.25) is 4.79 Å². The van der Waals surface area contributed by atoms with Gasteiger partial charge in [0, 0.05) is 18.3 Å². The number of carboxylic acid groups (broad SMARTS) is 1. The van der Waals surface area contributed by atoms with Gasteiger partial charge in [0.15, 0.2) is 0 Å². The number of carboxylic acids is 1. The molecule has 2 aliphatic heterocycles. The third-order valence-corrected chi connectivity index (χ3v) is 6.19. The Morgan fingerprint density at radius 3 is 2.71 bits per heavy atom. The highest BCUT2D eigenvalue weighted by Gasteiger charge is 2.46. The minimum absolute atomic E-state index is 0.0598. The van der Waals surface area contributed by atoms with Gasteiger partial charge in [-0.2, -0.15) is 0 Å². The second-order valence-electron chi connectivity index (χ2n) is 8.10. The molecule has 0 saturated carbocycles. The van der Waals surface area contributed by atoms with E-state index in [9.17, 15) is 9.90 Å². The molecule has 2 fully saturated rings. The molecular formula is C24H32O4. The Morgan fingerprint density at radius 2 is 1.96 bits per heavy atom. The number of unbranched alkanes of at least 4 members (excludes halogenated alkanes) is 1. The zero-order chi connectivity index (χ0) is 19.9. The van der Waals surface area contributed by atoms with Gasteiger partial charge in [-0.1, -0.05) is 61.6 Å². The number of fused-ring (bicyclic) bond motifs is 2. The second-order valence-corrected chi connectivity index (χ2v) is 8.10. The molecule has 0 radical (unpaired) electrons. The zero-order valence-electron chi connectivity index (χ0n) is 16.6. The van der Waals surface area contributed by atoms with Crippen LogP contribution in [0.5, 0.6) is 0 Å². The molecule has 0 aromatic heterocycles. The largest absolute Gasteiger partial charge is 0.481 e. The fourth-order valence-electron chi connectivity index (χ4n) is 4.49. The minimum Gasteiger partial charge on any atom is -0.481 e. The van der Waals surface area contributed by atoms with E-state index in [1.54, 1.807) is 0 Å². The van der Waals surface area contributed by atoms with E-state index in [4.69, 9.17) is 9.84 Å². The molecule has 28 heavy (non-hydrogen) atoms. The van der Waals surface area contributed by atoms with Crippen molar-refractivity contribution in [1.29, 1.82) is 0 Å². The maximum absolute atomic E-state index is 10.6. The molecule has 4 heteroatoms. The fraction of sp³-hybridized carbons (Fsp3) is 0.542. The van der Waals surface area contributed by atoms with Crippen molar-refractivity contribution >= 4 is 5.97 Å². The van der Waals surface area contributed by atoms with Crippen molar-refractivity contribution in [3.8, 4) is 0 Å². The van der Waals surface area contributed by atoms with Gasteiger partial charge in [0.1, 0.15) is 0 Å². The van der Waals surface area contributed by atoms with Crippen molar-refractivity contribution in [2.75, 3.05) is 0 Å². The molecule has 0 aliphatic carbocycles. The van der Waals surface area contributed by atoms with Gasteiger partial charge < -0.3 is 14.9 Å². The molecule has 2 bridgehead atoms. The van der Waals surface area contributed by atoms with Crippen molar-refractivity contribution in [3.63, 3.8) is 0 Å². The number of aliphatic carboxylic acids is 1. The first-order valence-electron chi connectivity index (χ1n) is 10.5. The number of hydrogen-bond donors (Lipinski definition) is 2. The number of hydrogen-bond acceptors (Lipinski definition) is 3. The molecule has 2 unspecified atom stereocenters. The highest BCUT2D eigenvalue weighted by atomic mass is 16.5. The quantitative estimate of drug-likeness (QED) is 0.453. The van der Waals surface area contributed by atoms with Crippen LogP contribution in [-0.2, 0) is 9.53 Å². The molecule has 0 spiro atoms. The molecule has 0 amide bonds. The lowest BCUT2D eigenvalue weighted by Gasteiger charge is -2.25. The number of carbonyl (C=O) groups is 1. The van der Waals surface area contributed by atoms with Crippen LogP contribution in [0, 0.1) is 11.8 Å². The van der Waals surface area contributed by atoms with E-state index in [-0.39, 0.29) is 18.4 Å². The van der Waals surface area contributed by atoms with Crippen LogP contribution in [-0.4, -0.2) is 34.5 Å². The predicted octanol–water partition coefficient (Wildman–Crippen LogP) is 4.70. The Kier molecular flexibility index (Phi) is 7.46. The Hall–Kier alpha value is -1.91. The van der Waals surface area contributed by atoms with E-state index in [2.05, 4.69) is 37.3 Å². The summed E-state index contributed by atoms with van der Waals surface area (Å²) in [5.74, 6) is 0.123. The molecule has 2 saturated heterocycles. The molecule has 2 N–H and O–H groups in total. The van der Waals surface area contributed by atoms with E-state index in [0.717, 1.165) is 31.2 Å². The van der Waals surface area contributed by atoms with Crippen LogP contribution in [0.2, 0.25) is 0 Å². The third-order valence-electron chi connectivity index (χ3n) is 6.19. The standard InChI is InChI=1S/C24H32O4/c1-17(18-9-5-4-6-10-18)21(25)14-13-20-19(22-15-16-23(20)28-22)11-7-2-3-8-12-24(26)27/h2,4-7,9-10,13-14,17,19-23,25H,3,8,11-12,15-16H2,1H3,(H,26,27)/b7-2-,14-13+/t17?,19-,20+,21?,22-,23+/m0/s1. The Balaban J connectivity index is 1.54. The SMILES string of the molecule is CC(c1ccccc1)C(O)/C=C/[C@@H]1[C@H](C/C=C\CCCC(=O)O)[C@@H]2CC[C@H]1O2. The monoisotopic (exact) mass is 384 g/mol. The molecule has 1 aromatic carbocycles. The lowest BCUT2D eigenvalue weighted by Crippen LogP contribution is -2.26. The number of rotatable bonds is 10. The Labute approximate surface area is 167 Å². The number of ether oxygens (including phenoxy) is 1. The highest BCUT2D eigenvalue weighted by Crippen LogP contribution is 2.46. The molecule has 4 nitrogen and oxygen atoms in total. The molecule has 2 aliphatic rings. The van der Waals surface area contributed by atoms with Gasteiger partial charge >= 0.3 is 5.97 Å². The number of benzene rings is 1. The average Bonchev–Trinajstić information content (AvgIpc) is 3.30. The summed E-state index contributed by atoms with van der Waals surface area (Å²) in [6.07, 6.45) is 13.4. The van der Waals surface area contributed by atoms with Crippen LogP contribution >= 0.6 is 0 Å². The topological polar surface area (TPSA) is 66.8 Å². The number of aliphatic hydroxyl groups is 1. The van der Waals surface area contributed by atoms with Gasteiger partial charge in [0.2, 0.25) is 0 Å². The Bertz CT molecular complexity index is 681. The van der Waals surface area contributed by atoms with Crippen LogP contribution in [0.15, 0.2) is 54.6 Å². The lowest BCUT2D eigenvalue weighted by atomic mass is 9.77. The Morgan fingerprint density at radius 1 is 1.21 bits per heavy atom. The van der Waals surface area contributed by atoms with Crippen molar-refractivity contribution < 1.29 is 19.7 Å². The van der Waals surface area contributed by atoms with Gasteiger partial charge in [0.05, 0.1) is 18.3 Å².